The number of rotatable bonds is 6. The zero-order valence-corrected chi connectivity index (χ0v) is 14.2. The van der Waals surface area contributed by atoms with Crippen molar-refractivity contribution in [1.82, 2.24) is 15.1 Å². The van der Waals surface area contributed by atoms with Gasteiger partial charge in [-0.05, 0) is 31.0 Å². The summed E-state index contributed by atoms with van der Waals surface area (Å²) in [6, 6.07) is 7.69. The number of hydrogen-bond donors (Lipinski definition) is 1. The van der Waals surface area contributed by atoms with Crippen LogP contribution >= 0.6 is 0 Å². The van der Waals surface area contributed by atoms with Gasteiger partial charge in [-0.1, -0.05) is 6.07 Å². The highest BCUT2D eigenvalue weighted by molar-refractivity contribution is 5.94. The van der Waals surface area contributed by atoms with Crippen LogP contribution in [0.1, 0.15) is 29.6 Å². The van der Waals surface area contributed by atoms with Gasteiger partial charge in [0.25, 0.3) is 5.91 Å². The van der Waals surface area contributed by atoms with Crippen LogP contribution in [0.4, 0.5) is 0 Å². The van der Waals surface area contributed by atoms with E-state index >= 15 is 0 Å². The predicted octanol–water partition coefficient (Wildman–Crippen LogP) is 1.12. The summed E-state index contributed by atoms with van der Waals surface area (Å²) < 4.78 is 5.18. The van der Waals surface area contributed by atoms with Crippen LogP contribution in [0.3, 0.4) is 0 Å². The van der Waals surface area contributed by atoms with E-state index in [-0.39, 0.29) is 11.8 Å². The summed E-state index contributed by atoms with van der Waals surface area (Å²) in [6.07, 6.45) is 2.79. The SMILES string of the molecule is COc1cccc(C(=O)N2CCN(CCC(=O)NC3CC3)CC2)c1. The maximum Gasteiger partial charge on any atom is 0.254 e. The largest absolute Gasteiger partial charge is 0.497 e. The van der Waals surface area contributed by atoms with Crippen LogP contribution in [0.25, 0.3) is 0 Å². The van der Waals surface area contributed by atoms with Gasteiger partial charge in [-0.2, -0.15) is 0 Å². The lowest BCUT2D eigenvalue weighted by Gasteiger charge is -2.34. The summed E-state index contributed by atoms with van der Waals surface area (Å²) >= 11 is 0. The number of amides is 2. The Balaban J connectivity index is 1.43. The van der Waals surface area contributed by atoms with Crippen molar-refractivity contribution in [2.24, 2.45) is 0 Å². The van der Waals surface area contributed by atoms with Gasteiger partial charge in [0.1, 0.15) is 5.75 Å². The molecule has 0 bridgehead atoms. The minimum absolute atomic E-state index is 0.0417. The molecule has 1 heterocycles. The molecule has 1 N–H and O–H groups in total. The molecule has 1 aromatic rings. The molecule has 2 amide bonds. The molecule has 1 aliphatic heterocycles. The Bertz CT molecular complexity index is 593. The molecule has 3 rings (SSSR count). The molecule has 24 heavy (non-hydrogen) atoms. The zero-order chi connectivity index (χ0) is 16.9. The molecule has 1 saturated heterocycles. The van der Waals surface area contributed by atoms with Gasteiger partial charge in [0, 0.05) is 50.7 Å². The topological polar surface area (TPSA) is 61.9 Å². The molecule has 0 radical (unpaired) electrons. The monoisotopic (exact) mass is 331 g/mol. The second kappa shape index (κ2) is 7.66. The third kappa shape index (κ3) is 4.47. The van der Waals surface area contributed by atoms with Crippen LogP contribution in [-0.2, 0) is 4.79 Å². The zero-order valence-electron chi connectivity index (χ0n) is 14.2. The van der Waals surface area contributed by atoms with Crippen LogP contribution in [0.2, 0.25) is 0 Å². The fourth-order valence-corrected chi connectivity index (χ4v) is 2.90. The molecule has 1 aromatic carbocycles. The first-order chi connectivity index (χ1) is 11.7. The average Bonchev–Trinajstić information content (AvgIpc) is 3.44. The van der Waals surface area contributed by atoms with E-state index < -0.39 is 0 Å². The number of benzene rings is 1. The van der Waals surface area contributed by atoms with E-state index in [2.05, 4.69) is 10.2 Å². The van der Waals surface area contributed by atoms with E-state index in [0.29, 0.717) is 36.9 Å². The molecule has 1 saturated carbocycles. The highest BCUT2D eigenvalue weighted by atomic mass is 16.5. The molecule has 0 unspecified atom stereocenters. The van der Waals surface area contributed by atoms with Crippen LogP contribution in [0.5, 0.6) is 5.75 Å². The minimum atomic E-state index is 0.0417. The smallest absolute Gasteiger partial charge is 0.254 e. The van der Waals surface area contributed by atoms with Gasteiger partial charge in [-0.3, -0.25) is 14.5 Å². The summed E-state index contributed by atoms with van der Waals surface area (Å²) in [5, 5.41) is 3.01. The van der Waals surface area contributed by atoms with Crippen molar-refractivity contribution in [3.63, 3.8) is 0 Å². The van der Waals surface area contributed by atoms with Gasteiger partial charge >= 0.3 is 0 Å². The lowest BCUT2D eigenvalue weighted by atomic mass is 10.1. The number of carbonyl (C=O) groups excluding carboxylic acids is 2. The first-order valence-corrected chi connectivity index (χ1v) is 8.61. The molecular weight excluding hydrogens is 306 g/mol. The standard InChI is InChI=1S/C18H25N3O3/c1-24-16-4-2-3-14(13-16)18(23)21-11-9-20(10-12-21)8-7-17(22)19-15-5-6-15/h2-4,13,15H,5-12H2,1H3,(H,19,22). The van der Waals surface area contributed by atoms with E-state index in [1.165, 1.54) is 0 Å². The molecule has 2 aliphatic rings. The third-order valence-corrected chi connectivity index (χ3v) is 4.57. The fourth-order valence-electron chi connectivity index (χ4n) is 2.90. The molecular formula is C18H25N3O3. The van der Waals surface area contributed by atoms with Crippen LogP contribution < -0.4 is 10.1 Å². The number of nitrogens with one attached hydrogen (secondary N) is 1. The molecule has 130 valence electrons. The summed E-state index contributed by atoms with van der Waals surface area (Å²) in [5.74, 6) is 0.883. The Hall–Kier alpha value is -2.08. The molecule has 1 aliphatic carbocycles. The van der Waals surface area contributed by atoms with Crippen molar-refractivity contribution in [3.8, 4) is 5.75 Å². The molecule has 0 aromatic heterocycles. The van der Waals surface area contributed by atoms with Gasteiger partial charge in [0.2, 0.25) is 5.91 Å². The van der Waals surface area contributed by atoms with E-state index in [0.717, 1.165) is 32.5 Å². The van der Waals surface area contributed by atoms with Crippen LogP contribution in [-0.4, -0.2) is 67.5 Å². The van der Waals surface area contributed by atoms with Gasteiger partial charge in [-0.15, -0.1) is 0 Å². The van der Waals surface area contributed by atoms with Crippen LogP contribution in [0.15, 0.2) is 24.3 Å². The predicted molar refractivity (Wildman–Crippen MR) is 91.1 cm³/mol. The van der Waals surface area contributed by atoms with E-state index in [1.807, 2.05) is 23.1 Å². The van der Waals surface area contributed by atoms with Crippen molar-refractivity contribution < 1.29 is 14.3 Å². The Labute approximate surface area is 142 Å². The lowest BCUT2D eigenvalue weighted by Crippen LogP contribution is -2.49. The minimum Gasteiger partial charge on any atom is -0.497 e. The Morgan fingerprint density at radius 1 is 1.21 bits per heavy atom. The quantitative estimate of drug-likeness (QED) is 0.849. The Morgan fingerprint density at radius 3 is 2.62 bits per heavy atom. The summed E-state index contributed by atoms with van der Waals surface area (Å²) in [4.78, 5) is 28.4. The highest BCUT2D eigenvalue weighted by Gasteiger charge is 2.25. The molecule has 6 heteroatoms. The fraction of sp³-hybridized carbons (Fsp3) is 0.556. The van der Waals surface area contributed by atoms with E-state index in [4.69, 9.17) is 4.74 Å². The van der Waals surface area contributed by atoms with E-state index in [9.17, 15) is 9.59 Å². The van der Waals surface area contributed by atoms with Crippen molar-refractivity contribution in [2.75, 3.05) is 39.8 Å². The summed E-state index contributed by atoms with van der Waals surface area (Å²) in [7, 11) is 1.60. The normalized spacial score (nSPS) is 18.3. The number of hydrogen-bond acceptors (Lipinski definition) is 4. The van der Waals surface area contributed by atoms with Gasteiger partial charge in [0.05, 0.1) is 7.11 Å². The second-order valence-corrected chi connectivity index (χ2v) is 6.46. The van der Waals surface area contributed by atoms with Gasteiger partial charge in [0.15, 0.2) is 0 Å². The van der Waals surface area contributed by atoms with Crippen LogP contribution in [0, 0.1) is 0 Å². The van der Waals surface area contributed by atoms with Crippen molar-refractivity contribution >= 4 is 11.8 Å². The highest BCUT2D eigenvalue weighted by Crippen LogP contribution is 2.19. The molecule has 0 spiro atoms. The van der Waals surface area contributed by atoms with Crippen molar-refractivity contribution in [1.29, 1.82) is 0 Å². The molecule has 2 fully saturated rings. The van der Waals surface area contributed by atoms with E-state index in [1.54, 1.807) is 13.2 Å². The number of nitrogens with zero attached hydrogens (tertiary/aromatic N) is 2. The van der Waals surface area contributed by atoms with Gasteiger partial charge in [-0.25, -0.2) is 0 Å². The molecule has 6 nitrogen and oxygen atoms in total. The third-order valence-electron chi connectivity index (χ3n) is 4.57. The Kier molecular flexibility index (Phi) is 5.35. The Morgan fingerprint density at radius 2 is 1.96 bits per heavy atom. The molecule has 0 atom stereocenters. The summed E-state index contributed by atoms with van der Waals surface area (Å²) in [6.45, 7) is 3.78. The summed E-state index contributed by atoms with van der Waals surface area (Å²) in [5.41, 5.74) is 0.659. The number of carbonyl (C=O) groups is 2. The lowest BCUT2D eigenvalue weighted by molar-refractivity contribution is -0.121. The number of ether oxygens (including phenoxy) is 1. The first-order valence-electron chi connectivity index (χ1n) is 8.61. The number of piperazine rings is 1. The first kappa shape index (κ1) is 16.8. The second-order valence-electron chi connectivity index (χ2n) is 6.46. The number of methoxy groups -OCH3 is 1. The maximum absolute atomic E-state index is 12.6. The van der Waals surface area contributed by atoms with Crippen molar-refractivity contribution in [3.05, 3.63) is 29.8 Å². The van der Waals surface area contributed by atoms with Gasteiger partial charge < -0.3 is 15.0 Å². The van der Waals surface area contributed by atoms with Crippen molar-refractivity contribution in [2.45, 2.75) is 25.3 Å². The maximum atomic E-state index is 12.6. The average molecular weight is 331 g/mol.